The number of rotatable bonds is 4. The van der Waals surface area contributed by atoms with Gasteiger partial charge in [-0.15, -0.1) is 11.8 Å². The normalized spacial score (nSPS) is 11.7. The lowest BCUT2D eigenvalue weighted by atomic mass is 10.2. The fraction of sp³-hybridized carbons (Fsp3) is 0.333. The molecule has 0 aliphatic carbocycles. The number of carbonyl (C=O) groups excluding carboxylic acids is 1. The number of esters is 1. The Morgan fingerprint density at radius 2 is 2.33 bits per heavy atom. The smallest absolute Gasteiger partial charge is 0.306 e. The van der Waals surface area contributed by atoms with E-state index in [1.165, 1.54) is 24.9 Å². The lowest BCUT2D eigenvalue weighted by Crippen LogP contribution is -2.08. The summed E-state index contributed by atoms with van der Waals surface area (Å²) < 4.78 is 18.6. The van der Waals surface area contributed by atoms with Crippen molar-refractivity contribution in [2.45, 2.75) is 23.5 Å². The van der Waals surface area contributed by atoms with Gasteiger partial charge in [0.05, 0.1) is 23.6 Å². The second kappa shape index (κ2) is 6.76. The van der Waals surface area contributed by atoms with Crippen molar-refractivity contribution >= 4 is 33.7 Å². The number of hydrogen-bond donors (Lipinski definition) is 0. The molecule has 1 atom stereocenters. The Morgan fingerprint density at radius 3 is 2.89 bits per heavy atom. The van der Waals surface area contributed by atoms with Gasteiger partial charge in [0.15, 0.2) is 5.82 Å². The first-order valence-corrected chi connectivity index (χ1v) is 6.78. The highest BCUT2D eigenvalue weighted by molar-refractivity contribution is 9.10. The van der Waals surface area contributed by atoms with Gasteiger partial charge in [0.25, 0.3) is 0 Å². The molecule has 0 aliphatic rings. The van der Waals surface area contributed by atoms with Gasteiger partial charge < -0.3 is 4.74 Å². The monoisotopic (exact) mass is 331 g/mol. The Balaban J connectivity index is 2.83. The summed E-state index contributed by atoms with van der Waals surface area (Å²) in [5, 5.41) is 8.65. The number of ether oxygens (including phenoxy) is 1. The molecule has 0 radical (unpaired) electrons. The van der Waals surface area contributed by atoms with Crippen LogP contribution in [0.25, 0.3) is 0 Å². The Bertz CT molecular complexity index is 502. The maximum Gasteiger partial charge on any atom is 0.306 e. The molecule has 0 bridgehead atoms. The average molecular weight is 332 g/mol. The van der Waals surface area contributed by atoms with Crippen LogP contribution in [-0.2, 0) is 9.53 Å². The van der Waals surface area contributed by atoms with Crippen molar-refractivity contribution in [3.63, 3.8) is 0 Å². The van der Waals surface area contributed by atoms with Crippen LogP contribution in [0.15, 0.2) is 21.5 Å². The Kier molecular flexibility index (Phi) is 5.63. The van der Waals surface area contributed by atoms with Crippen LogP contribution in [0, 0.1) is 17.1 Å². The van der Waals surface area contributed by atoms with E-state index in [1.54, 1.807) is 6.07 Å². The van der Waals surface area contributed by atoms with Crippen LogP contribution in [0.2, 0.25) is 0 Å². The van der Waals surface area contributed by atoms with E-state index < -0.39 is 5.82 Å². The summed E-state index contributed by atoms with van der Waals surface area (Å²) in [6, 6.07) is 4.97. The Hall–Kier alpha value is -1.06. The van der Waals surface area contributed by atoms with Gasteiger partial charge in [0.1, 0.15) is 6.07 Å². The van der Waals surface area contributed by atoms with Gasteiger partial charge >= 0.3 is 5.97 Å². The first kappa shape index (κ1) is 15.0. The zero-order valence-corrected chi connectivity index (χ0v) is 12.3. The second-order valence-corrected chi connectivity index (χ2v) is 5.83. The molecule has 0 N–H and O–H groups in total. The van der Waals surface area contributed by atoms with E-state index in [2.05, 4.69) is 20.7 Å². The van der Waals surface area contributed by atoms with E-state index in [-0.39, 0.29) is 27.7 Å². The topological polar surface area (TPSA) is 50.1 Å². The maximum atomic E-state index is 13.9. The van der Waals surface area contributed by atoms with Crippen LogP contribution >= 0.6 is 27.7 Å². The summed E-state index contributed by atoms with van der Waals surface area (Å²) >= 11 is 4.28. The van der Waals surface area contributed by atoms with Crippen molar-refractivity contribution in [3.8, 4) is 6.07 Å². The van der Waals surface area contributed by atoms with Crippen LogP contribution in [-0.4, -0.2) is 18.3 Å². The zero-order valence-electron chi connectivity index (χ0n) is 9.87. The number of halogens is 2. The average Bonchev–Trinajstić information content (AvgIpc) is 2.35. The summed E-state index contributed by atoms with van der Waals surface area (Å²) in [4.78, 5) is 11.5. The number of methoxy groups -OCH3 is 1. The number of carbonyl (C=O) groups is 1. The summed E-state index contributed by atoms with van der Waals surface area (Å²) in [6.07, 6.45) is 0.207. The van der Waals surface area contributed by atoms with Gasteiger partial charge in [-0.3, -0.25) is 4.79 Å². The van der Waals surface area contributed by atoms with Gasteiger partial charge in [-0.2, -0.15) is 5.26 Å². The third-order valence-electron chi connectivity index (χ3n) is 2.18. The standard InChI is InChI=1S/C12H11BrFNO2S/c1-7(5-10(16)17-2)18-9-4-3-8(6-15)11(13)12(9)14/h3-4,7H,5H2,1-2H3. The summed E-state index contributed by atoms with van der Waals surface area (Å²) in [5.41, 5.74) is 0.248. The van der Waals surface area contributed by atoms with Gasteiger partial charge in [-0.1, -0.05) is 6.92 Å². The number of hydrogen-bond acceptors (Lipinski definition) is 4. The summed E-state index contributed by atoms with van der Waals surface area (Å²) in [6.45, 7) is 1.81. The molecule has 1 rings (SSSR count). The number of thioether (sulfide) groups is 1. The zero-order chi connectivity index (χ0) is 13.7. The largest absolute Gasteiger partial charge is 0.469 e. The molecule has 0 aromatic heterocycles. The van der Waals surface area contributed by atoms with Crippen LogP contribution < -0.4 is 0 Å². The van der Waals surface area contributed by atoms with Gasteiger partial charge in [-0.25, -0.2) is 4.39 Å². The molecule has 1 unspecified atom stereocenters. The first-order chi connectivity index (χ1) is 8.49. The molecule has 1 aromatic rings. The van der Waals surface area contributed by atoms with Gasteiger partial charge in [-0.05, 0) is 28.1 Å². The predicted octanol–water partition coefficient (Wildman–Crippen LogP) is 3.50. The minimum absolute atomic E-state index is 0.105. The van der Waals surface area contributed by atoms with Crippen molar-refractivity contribution < 1.29 is 13.9 Å². The lowest BCUT2D eigenvalue weighted by molar-refractivity contribution is -0.140. The molecule has 3 nitrogen and oxygen atoms in total. The van der Waals surface area contributed by atoms with Crippen LogP contribution in [0.3, 0.4) is 0 Å². The molecule has 0 amide bonds. The number of nitrogens with zero attached hydrogens (tertiary/aromatic N) is 1. The molecule has 0 saturated carbocycles. The maximum absolute atomic E-state index is 13.9. The van der Waals surface area contributed by atoms with Crippen LogP contribution in [0.5, 0.6) is 0 Å². The number of benzene rings is 1. The second-order valence-electron chi connectivity index (χ2n) is 3.56. The first-order valence-electron chi connectivity index (χ1n) is 5.11. The third-order valence-corrected chi connectivity index (χ3v) is 4.09. The van der Waals surface area contributed by atoms with E-state index in [0.717, 1.165) is 0 Å². The van der Waals surface area contributed by atoms with Crippen molar-refractivity contribution in [2.75, 3.05) is 7.11 Å². The molecule has 18 heavy (non-hydrogen) atoms. The van der Waals surface area contributed by atoms with Crippen molar-refractivity contribution in [2.24, 2.45) is 0 Å². The minimum Gasteiger partial charge on any atom is -0.469 e. The Labute approximate surface area is 117 Å². The highest BCUT2D eigenvalue weighted by atomic mass is 79.9. The molecule has 0 heterocycles. The SMILES string of the molecule is COC(=O)CC(C)Sc1ccc(C#N)c(Br)c1F. The van der Waals surface area contributed by atoms with E-state index in [1.807, 2.05) is 13.0 Å². The molecule has 0 fully saturated rings. The molecule has 1 aromatic carbocycles. The fourth-order valence-electron chi connectivity index (χ4n) is 1.29. The van der Waals surface area contributed by atoms with Crippen molar-refractivity contribution in [1.82, 2.24) is 0 Å². The quantitative estimate of drug-likeness (QED) is 0.625. The van der Waals surface area contributed by atoms with E-state index in [9.17, 15) is 9.18 Å². The molecule has 6 heteroatoms. The third kappa shape index (κ3) is 3.72. The molecular weight excluding hydrogens is 321 g/mol. The fourth-order valence-corrected chi connectivity index (χ4v) is 2.86. The molecule has 0 aliphatic heterocycles. The Morgan fingerprint density at radius 1 is 1.67 bits per heavy atom. The number of nitriles is 1. The lowest BCUT2D eigenvalue weighted by Gasteiger charge is -2.11. The van der Waals surface area contributed by atoms with Crippen molar-refractivity contribution in [3.05, 3.63) is 28.0 Å². The predicted molar refractivity (Wildman–Crippen MR) is 70.8 cm³/mol. The molecule has 96 valence electrons. The summed E-state index contributed by atoms with van der Waals surface area (Å²) in [7, 11) is 1.32. The van der Waals surface area contributed by atoms with E-state index >= 15 is 0 Å². The minimum atomic E-state index is -0.476. The molecule has 0 saturated heterocycles. The van der Waals surface area contributed by atoms with E-state index in [0.29, 0.717) is 4.90 Å². The summed E-state index contributed by atoms with van der Waals surface area (Å²) in [5.74, 6) is -0.807. The highest BCUT2D eigenvalue weighted by Gasteiger charge is 2.16. The van der Waals surface area contributed by atoms with Crippen LogP contribution in [0.1, 0.15) is 18.9 Å². The molecular formula is C12H11BrFNO2S. The highest BCUT2D eigenvalue weighted by Crippen LogP contribution is 2.33. The van der Waals surface area contributed by atoms with E-state index in [4.69, 9.17) is 5.26 Å². The van der Waals surface area contributed by atoms with Gasteiger partial charge in [0.2, 0.25) is 0 Å². The van der Waals surface area contributed by atoms with Crippen molar-refractivity contribution in [1.29, 1.82) is 5.26 Å². The van der Waals surface area contributed by atoms with Crippen LogP contribution in [0.4, 0.5) is 4.39 Å². The molecule has 0 spiro atoms. The van der Waals surface area contributed by atoms with Gasteiger partial charge in [0, 0.05) is 10.1 Å².